The molecule has 0 aromatic carbocycles. The van der Waals surface area contributed by atoms with Gasteiger partial charge in [0.05, 0.1) is 19.3 Å². The Morgan fingerprint density at radius 3 is 2.82 bits per heavy atom. The van der Waals surface area contributed by atoms with Gasteiger partial charge in [-0.25, -0.2) is 9.97 Å². The molecule has 3 heterocycles. The van der Waals surface area contributed by atoms with Gasteiger partial charge in [0, 0.05) is 18.9 Å². The van der Waals surface area contributed by atoms with Crippen LogP contribution in [0, 0.1) is 6.92 Å². The minimum absolute atomic E-state index is 0.0556. The molecular formula is C16H21N3O3. The normalized spacial score (nSPS) is 18.7. The quantitative estimate of drug-likeness (QED) is 0.865. The van der Waals surface area contributed by atoms with Gasteiger partial charge in [-0.15, -0.1) is 0 Å². The number of aryl methyl sites for hydroxylation is 1. The van der Waals surface area contributed by atoms with E-state index in [1.165, 1.54) is 0 Å². The van der Waals surface area contributed by atoms with E-state index >= 15 is 0 Å². The van der Waals surface area contributed by atoms with Crippen molar-refractivity contribution in [2.24, 2.45) is 0 Å². The standard InChI is InChI=1S/C16H21N3O3/c1-11(2)21-16-15(17-6-7-18-16)19-8-9-20-14(10-19)13-5-4-12(3)22-13/h4-7,11,14H,8-10H2,1-3H3/t14-/m0/s1. The van der Waals surface area contributed by atoms with E-state index in [0.29, 0.717) is 19.0 Å². The highest BCUT2D eigenvalue weighted by Crippen LogP contribution is 2.30. The molecule has 0 N–H and O–H groups in total. The van der Waals surface area contributed by atoms with Crippen molar-refractivity contribution < 1.29 is 13.9 Å². The average Bonchev–Trinajstić information content (AvgIpc) is 2.94. The Balaban J connectivity index is 1.80. The average molecular weight is 303 g/mol. The maximum absolute atomic E-state index is 5.83. The smallest absolute Gasteiger partial charge is 0.257 e. The van der Waals surface area contributed by atoms with Crippen LogP contribution in [0.5, 0.6) is 5.88 Å². The zero-order valence-electron chi connectivity index (χ0n) is 13.2. The fraction of sp³-hybridized carbons (Fsp3) is 0.500. The summed E-state index contributed by atoms with van der Waals surface area (Å²) in [5.41, 5.74) is 0. The maximum atomic E-state index is 5.83. The lowest BCUT2D eigenvalue weighted by Crippen LogP contribution is -2.39. The zero-order valence-corrected chi connectivity index (χ0v) is 13.2. The minimum Gasteiger partial charge on any atom is -0.472 e. The van der Waals surface area contributed by atoms with Gasteiger partial charge in [0.1, 0.15) is 17.6 Å². The second-order valence-corrected chi connectivity index (χ2v) is 5.61. The number of hydrogen-bond donors (Lipinski definition) is 0. The van der Waals surface area contributed by atoms with Gasteiger partial charge in [-0.3, -0.25) is 0 Å². The molecule has 1 aliphatic rings. The van der Waals surface area contributed by atoms with Crippen LogP contribution in [0.15, 0.2) is 28.9 Å². The van der Waals surface area contributed by atoms with Crippen LogP contribution in [0.2, 0.25) is 0 Å². The molecule has 1 atom stereocenters. The highest BCUT2D eigenvalue weighted by Gasteiger charge is 2.27. The molecule has 0 amide bonds. The molecule has 1 saturated heterocycles. The second kappa shape index (κ2) is 6.36. The molecule has 118 valence electrons. The van der Waals surface area contributed by atoms with Gasteiger partial charge in [0.25, 0.3) is 5.88 Å². The lowest BCUT2D eigenvalue weighted by atomic mass is 10.2. The van der Waals surface area contributed by atoms with Crippen molar-refractivity contribution in [3.63, 3.8) is 0 Å². The summed E-state index contributed by atoms with van der Waals surface area (Å²) in [6, 6.07) is 3.92. The summed E-state index contributed by atoms with van der Waals surface area (Å²) < 4.78 is 17.3. The first-order chi connectivity index (χ1) is 10.6. The van der Waals surface area contributed by atoms with Crippen LogP contribution in [0.25, 0.3) is 0 Å². The molecule has 0 bridgehead atoms. The summed E-state index contributed by atoms with van der Waals surface area (Å²) in [7, 11) is 0. The van der Waals surface area contributed by atoms with Crippen LogP contribution in [-0.4, -0.2) is 35.8 Å². The molecular weight excluding hydrogens is 282 g/mol. The molecule has 1 fully saturated rings. The number of morpholine rings is 1. The monoisotopic (exact) mass is 303 g/mol. The largest absolute Gasteiger partial charge is 0.472 e. The number of nitrogens with zero attached hydrogens (tertiary/aromatic N) is 3. The lowest BCUT2D eigenvalue weighted by molar-refractivity contribution is 0.0247. The number of rotatable bonds is 4. The Morgan fingerprint density at radius 1 is 1.27 bits per heavy atom. The van der Waals surface area contributed by atoms with Crippen molar-refractivity contribution in [1.29, 1.82) is 0 Å². The predicted molar refractivity (Wildman–Crippen MR) is 82.1 cm³/mol. The zero-order chi connectivity index (χ0) is 15.5. The third-order valence-corrected chi connectivity index (χ3v) is 3.44. The van der Waals surface area contributed by atoms with Gasteiger partial charge in [0.2, 0.25) is 0 Å². The van der Waals surface area contributed by atoms with Gasteiger partial charge in [0.15, 0.2) is 5.82 Å². The van der Waals surface area contributed by atoms with E-state index in [9.17, 15) is 0 Å². The molecule has 6 heteroatoms. The van der Waals surface area contributed by atoms with Crippen LogP contribution in [0.1, 0.15) is 31.5 Å². The van der Waals surface area contributed by atoms with E-state index in [1.807, 2.05) is 32.9 Å². The van der Waals surface area contributed by atoms with Gasteiger partial charge in [-0.1, -0.05) is 0 Å². The molecule has 0 aliphatic carbocycles. The first-order valence-corrected chi connectivity index (χ1v) is 7.54. The van der Waals surface area contributed by atoms with E-state index in [4.69, 9.17) is 13.9 Å². The lowest BCUT2D eigenvalue weighted by Gasteiger charge is -2.33. The van der Waals surface area contributed by atoms with Crippen LogP contribution in [-0.2, 0) is 4.74 Å². The van der Waals surface area contributed by atoms with Crippen LogP contribution < -0.4 is 9.64 Å². The van der Waals surface area contributed by atoms with Crippen LogP contribution in [0.3, 0.4) is 0 Å². The molecule has 0 radical (unpaired) electrons. The van der Waals surface area contributed by atoms with Crippen molar-refractivity contribution in [1.82, 2.24) is 9.97 Å². The maximum Gasteiger partial charge on any atom is 0.257 e. The first-order valence-electron chi connectivity index (χ1n) is 7.54. The highest BCUT2D eigenvalue weighted by molar-refractivity contribution is 5.48. The summed E-state index contributed by atoms with van der Waals surface area (Å²) in [6.07, 6.45) is 3.29. The summed E-state index contributed by atoms with van der Waals surface area (Å²) >= 11 is 0. The van der Waals surface area contributed by atoms with E-state index < -0.39 is 0 Å². The van der Waals surface area contributed by atoms with Gasteiger partial charge < -0.3 is 18.8 Å². The Morgan fingerprint density at radius 2 is 2.09 bits per heavy atom. The van der Waals surface area contributed by atoms with Crippen molar-refractivity contribution in [3.05, 3.63) is 36.0 Å². The van der Waals surface area contributed by atoms with Crippen LogP contribution in [0.4, 0.5) is 5.82 Å². The van der Waals surface area contributed by atoms with E-state index in [1.54, 1.807) is 12.4 Å². The van der Waals surface area contributed by atoms with Gasteiger partial charge in [-0.05, 0) is 32.9 Å². The molecule has 3 rings (SSSR count). The summed E-state index contributed by atoms with van der Waals surface area (Å²) in [5, 5.41) is 0. The number of anilines is 1. The Hall–Kier alpha value is -2.08. The Bertz CT molecular complexity index is 627. The van der Waals surface area contributed by atoms with Gasteiger partial charge in [-0.2, -0.15) is 0 Å². The fourth-order valence-electron chi connectivity index (χ4n) is 2.48. The number of ether oxygens (including phenoxy) is 2. The predicted octanol–water partition coefficient (Wildman–Crippen LogP) is 2.74. The Kier molecular flexibility index (Phi) is 4.29. The minimum atomic E-state index is -0.101. The molecule has 6 nitrogen and oxygen atoms in total. The SMILES string of the molecule is Cc1ccc([C@@H]2CN(c3nccnc3OC(C)C)CCO2)o1. The van der Waals surface area contributed by atoms with E-state index in [0.717, 1.165) is 23.9 Å². The highest BCUT2D eigenvalue weighted by atomic mass is 16.5. The molecule has 2 aromatic rings. The van der Waals surface area contributed by atoms with Crippen molar-refractivity contribution >= 4 is 5.82 Å². The second-order valence-electron chi connectivity index (χ2n) is 5.61. The first kappa shape index (κ1) is 14.8. The topological polar surface area (TPSA) is 60.6 Å². The fourth-order valence-corrected chi connectivity index (χ4v) is 2.48. The summed E-state index contributed by atoms with van der Waals surface area (Å²) in [4.78, 5) is 10.9. The van der Waals surface area contributed by atoms with Crippen LogP contribution >= 0.6 is 0 Å². The Labute approximate surface area is 130 Å². The number of aromatic nitrogens is 2. The van der Waals surface area contributed by atoms with Crippen molar-refractivity contribution in [2.75, 3.05) is 24.6 Å². The van der Waals surface area contributed by atoms with Crippen molar-refractivity contribution in [3.8, 4) is 5.88 Å². The van der Waals surface area contributed by atoms with Crippen molar-refractivity contribution in [2.45, 2.75) is 33.0 Å². The summed E-state index contributed by atoms with van der Waals surface area (Å²) in [5.74, 6) is 3.05. The molecule has 0 spiro atoms. The molecule has 22 heavy (non-hydrogen) atoms. The van der Waals surface area contributed by atoms with E-state index in [2.05, 4.69) is 14.9 Å². The molecule has 0 unspecified atom stereocenters. The number of hydrogen-bond acceptors (Lipinski definition) is 6. The van der Waals surface area contributed by atoms with E-state index in [-0.39, 0.29) is 12.2 Å². The third kappa shape index (κ3) is 3.22. The molecule has 1 aliphatic heterocycles. The number of furan rings is 1. The van der Waals surface area contributed by atoms with Gasteiger partial charge >= 0.3 is 0 Å². The molecule has 0 saturated carbocycles. The summed E-state index contributed by atoms with van der Waals surface area (Å²) in [6.45, 7) is 7.92. The third-order valence-electron chi connectivity index (χ3n) is 3.44. The molecule has 2 aromatic heterocycles.